The Balaban J connectivity index is 2.10. The number of rotatable bonds is 64. The van der Waals surface area contributed by atoms with Gasteiger partial charge in [-0.3, -0.25) is 4.79 Å². The third kappa shape index (κ3) is 50.6. The quantitative estimate of drug-likeness (QED) is 0.0261. The van der Waals surface area contributed by atoms with Crippen molar-refractivity contribution in [2.45, 2.75) is 410 Å². The molecule has 0 bridgehead atoms. The summed E-state index contributed by atoms with van der Waals surface area (Å²) >= 11 is 0. The average molecular weight is 1160 g/mol. The number of ether oxygens (including phenoxy) is 2. The molecule has 0 aliphatic carbocycles. The summed E-state index contributed by atoms with van der Waals surface area (Å²) in [7, 11) is 0. The third-order valence-electron chi connectivity index (χ3n) is 17.5. The topological polar surface area (TPSA) is 149 Å². The molecular formula is C73H139NO8. The zero-order chi connectivity index (χ0) is 59.3. The summed E-state index contributed by atoms with van der Waals surface area (Å²) in [5.74, 6) is -0.139. The van der Waals surface area contributed by atoms with Gasteiger partial charge in [0.1, 0.15) is 24.4 Å². The number of carbonyl (C=O) groups is 1. The number of hydrogen-bond donors (Lipinski definition) is 6. The molecule has 7 unspecified atom stereocenters. The predicted octanol–water partition coefficient (Wildman–Crippen LogP) is 19.8. The van der Waals surface area contributed by atoms with Crippen molar-refractivity contribution in [3.8, 4) is 0 Å². The molecular weight excluding hydrogens is 1020 g/mol. The molecule has 0 radical (unpaired) electrons. The van der Waals surface area contributed by atoms with Crippen LogP contribution in [0.4, 0.5) is 0 Å². The van der Waals surface area contributed by atoms with Crippen molar-refractivity contribution in [2.75, 3.05) is 13.2 Å². The van der Waals surface area contributed by atoms with E-state index in [9.17, 15) is 30.3 Å². The summed E-state index contributed by atoms with van der Waals surface area (Å²) in [6.45, 7) is 3.88. The molecule has 1 fully saturated rings. The molecule has 9 heteroatoms. The number of nitrogens with one attached hydrogen (secondary N) is 1. The van der Waals surface area contributed by atoms with E-state index in [0.717, 1.165) is 51.4 Å². The van der Waals surface area contributed by atoms with Gasteiger partial charge in [-0.1, -0.05) is 346 Å². The minimum atomic E-state index is -1.55. The van der Waals surface area contributed by atoms with Crippen molar-refractivity contribution >= 4 is 5.91 Å². The highest BCUT2D eigenvalue weighted by Crippen LogP contribution is 2.24. The lowest BCUT2D eigenvalue weighted by Crippen LogP contribution is -2.60. The first-order valence-corrected chi connectivity index (χ1v) is 36.2. The van der Waals surface area contributed by atoms with Crippen LogP contribution in [0.5, 0.6) is 0 Å². The van der Waals surface area contributed by atoms with Crippen LogP contribution in [0.1, 0.15) is 367 Å². The van der Waals surface area contributed by atoms with Crippen molar-refractivity contribution in [3.63, 3.8) is 0 Å². The fourth-order valence-corrected chi connectivity index (χ4v) is 11.8. The lowest BCUT2D eigenvalue weighted by molar-refractivity contribution is -0.302. The average Bonchev–Trinajstić information content (AvgIpc) is 3.57. The number of aliphatic hydroxyl groups excluding tert-OH is 5. The molecule has 0 aromatic heterocycles. The second-order valence-corrected chi connectivity index (χ2v) is 25.4. The summed E-state index contributed by atoms with van der Waals surface area (Å²) in [5, 5.41) is 55.0. The molecule has 1 aliphatic rings. The van der Waals surface area contributed by atoms with Crippen molar-refractivity contribution in [2.24, 2.45) is 0 Å². The highest BCUT2D eigenvalue weighted by molar-refractivity contribution is 5.76. The van der Waals surface area contributed by atoms with Crippen LogP contribution in [0.15, 0.2) is 36.5 Å². The zero-order valence-corrected chi connectivity index (χ0v) is 54.3. The van der Waals surface area contributed by atoms with Crippen LogP contribution in [0.2, 0.25) is 0 Å². The fraction of sp³-hybridized carbons (Fsp3) is 0.904. The molecule has 6 N–H and O–H groups in total. The predicted molar refractivity (Wildman–Crippen MR) is 350 cm³/mol. The van der Waals surface area contributed by atoms with Crippen LogP contribution in [-0.2, 0) is 14.3 Å². The van der Waals surface area contributed by atoms with E-state index in [-0.39, 0.29) is 12.5 Å². The van der Waals surface area contributed by atoms with Gasteiger partial charge >= 0.3 is 0 Å². The number of unbranched alkanes of at least 4 members (excludes halogenated alkanes) is 48. The van der Waals surface area contributed by atoms with Crippen LogP contribution in [0, 0.1) is 0 Å². The summed E-state index contributed by atoms with van der Waals surface area (Å²) in [6.07, 6.45) is 76.5. The number of hydrogen-bond acceptors (Lipinski definition) is 8. The standard InChI is InChI=1S/C73H139NO8/c1-3-5-7-9-11-13-15-17-19-21-23-25-27-29-31-33-35-36-38-40-42-44-46-48-50-52-54-56-58-60-62-67(76)66(65-81-73-72(80)71(79)70(78)68(64-75)82-73)74-69(77)63-61-59-57-55-53-51-49-47-45-43-41-39-37-34-32-30-28-26-24-22-20-18-16-14-12-10-8-6-4-2/h16,18,22,24,28,30,66-68,70-73,75-76,78-80H,3-15,17,19-21,23,25-27,29,31-65H2,1-2H3,(H,74,77)/b18-16-,24-22-,30-28-. The van der Waals surface area contributed by atoms with Crippen molar-refractivity contribution < 1.29 is 39.8 Å². The first kappa shape index (κ1) is 78.4. The fourth-order valence-electron chi connectivity index (χ4n) is 11.8. The van der Waals surface area contributed by atoms with Gasteiger partial charge in [-0.05, 0) is 51.4 Å². The Morgan fingerprint density at radius 3 is 1.06 bits per heavy atom. The van der Waals surface area contributed by atoms with Crippen LogP contribution >= 0.6 is 0 Å². The summed E-state index contributed by atoms with van der Waals surface area (Å²) < 4.78 is 11.4. The number of aliphatic hydroxyl groups is 5. The molecule has 1 rings (SSSR count). The molecule has 1 aliphatic heterocycles. The van der Waals surface area contributed by atoms with E-state index in [0.29, 0.717) is 12.8 Å². The minimum absolute atomic E-state index is 0.135. The highest BCUT2D eigenvalue weighted by atomic mass is 16.7. The van der Waals surface area contributed by atoms with Crippen LogP contribution in [0.3, 0.4) is 0 Å². The third-order valence-corrected chi connectivity index (χ3v) is 17.5. The Bertz CT molecular complexity index is 1390. The molecule has 0 spiro atoms. The summed E-state index contributed by atoms with van der Waals surface area (Å²) in [6, 6.07) is -0.721. The lowest BCUT2D eigenvalue weighted by atomic mass is 9.99. The molecule has 0 saturated carbocycles. The maximum atomic E-state index is 13.2. The van der Waals surface area contributed by atoms with Gasteiger partial charge in [-0.15, -0.1) is 0 Å². The zero-order valence-electron chi connectivity index (χ0n) is 54.3. The Morgan fingerprint density at radius 1 is 0.415 bits per heavy atom. The van der Waals surface area contributed by atoms with E-state index >= 15 is 0 Å². The molecule has 7 atom stereocenters. The van der Waals surface area contributed by atoms with Gasteiger partial charge in [0.05, 0.1) is 25.4 Å². The van der Waals surface area contributed by atoms with Crippen LogP contribution in [0.25, 0.3) is 0 Å². The van der Waals surface area contributed by atoms with E-state index < -0.39 is 49.5 Å². The Hall–Kier alpha value is -1.59. The second kappa shape index (κ2) is 62.5. The molecule has 1 saturated heterocycles. The molecule has 82 heavy (non-hydrogen) atoms. The molecule has 0 aromatic carbocycles. The van der Waals surface area contributed by atoms with Gasteiger partial charge in [0.25, 0.3) is 0 Å². The van der Waals surface area contributed by atoms with Gasteiger partial charge in [0.15, 0.2) is 6.29 Å². The number of amides is 1. The summed E-state index contributed by atoms with van der Waals surface area (Å²) in [4.78, 5) is 13.2. The molecule has 9 nitrogen and oxygen atoms in total. The van der Waals surface area contributed by atoms with E-state index in [2.05, 4.69) is 55.6 Å². The van der Waals surface area contributed by atoms with Gasteiger partial charge in [0.2, 0.25) is 5.91 Å². The van der Waals surface area contributed by atoms with Gasteiger partial charge in [-0.2, -0.15) is 0 Å². The lowest BCUT2D eigenvalue weighted by Gasteiger charge is -2.40. The highest BCUT2D eigenvalue weighted by Gasteiger charge is 2.44. The van der Waals surface area contributed by atoms with E-state index in [1.165, 1.54) is 289 Å². The maximum absolute atomic E-state index is 13.2. The van der Waals surface area contributed by atoms with Crippen molar-refractivity contribution in [1.29, 1.82) is 0 Å². The van der Waals surface area contributed by atoms with Crippen LogP contribution < -0.4 is 5.32 Å². The van der Waals surface area contributed by atoms with Crippen LogP contribution in [-0.4, -0.2) is 87.5 Å². The van der Waals surface area contributed by atoms with Gasteiger partial charge < -0.3 is 40.3 Å². The van der Waals surface area contributed by atoms with Crippen molar-refractivity contribution in [3.05, 3.63) is 36.5 Å². The Labute approximate surface area is 508 Å². The van der Waals surface area contributed by atoms with Gasteiger partial charge in [-0.25, -0.2) is 0 Å². The number of allylic oxidation sites excluding steroid dienone is 6. The Kier molecular flexibility index (Phi) is 59.7. The first-order valence-electron chi connectivity index (χ1n) is 36.2. The Morgan fingerprint density at radius 2 is 0.720 bits per heavy atom. The SMILES string of the molecule is CCCCCCC/C=C\C/C=C\C/C=C\CCCCCCCCCCCCCCCCC(=O)NC(COC1OC(CO)C(O)C(O)C1O)C(O)CCCCCCCCCCCCCCCCCCCCCCCCCCCCCCCC. The molecule has 0 aromatic rings. The maximum Gasteiger partial charge on any atom is 0.220 e. The minimum Gasteiger partial charge on any atom is -0.394 e. The number of carbonyl (C=O) groups excluding carboxylic acids is 1. The summed E-state index contributed by atoms with van der Waals surface area (Å²) in [5.41, 5.74) is 0. The van der Waals surface area contributed by atoms with E-state index in [1.807, 2.05) is 0 Å². The first-order chi connectivity index (χ1) is 40.3. The molecule has 484 valence electrons. The normalized spacial score (nSPS) is 18.5. The van der Waals surface area contributed by atoms with Gasteiger partial charge in [0, 0.05) is 6.42 Å². The van der Waals surface area contributed by atoms with Crippen molar-refractivity contribution in [1.82, 2.24) is 5.32 Å². The molecule has 1 amide bonds. The monoisotopic (exact) mass is 1160 g/mol. The second-order valence-electron chi connectivity index (χ2n) is 25.4. The largest absolute Gasteiger partial charge is 0.394 e. The molecule has 1 heterocycles. The van der Waals surface area contributed by atoms with E-state index in [4.69, 9.17) is 9.47 Å². The smallest absolute Gasteiger partial charge is 0.220 e. The van der Waals surface area contributed by atoms with E-state index in [1.54, 1.807) is 0 Å².